The molecule has 0 radical (unpaired) electrons. The van der Waals surface area contributed by atoms with Crippen molar-refractivity contribution in [2.75, 3.05) is 19.6 Å². The number of carbonyl (C=O) groups is 2. The summed E-state index contributed by atoms with van der Waals surface area (Å²) in [7, 11) is 0. The van der Waals surface area contributed by atoms with Gasteiger partial charge in [0.05, 0.1) is 0 Å². The van der Waals surface area contributed by atoms with Crippen molar-refractivity contribution in [2.24, 2.45) is 5.73 Å². The van der Waals surface area contributed by atoms with E-state index in [1.807, 2.05) is 18.2 Å². The average Bonchev–Trinajstić information content (AvgIpc) is 3.16. The summed E-state index contributed by atoms with van der Waals surface area (Å²) < 4.78 is 5.92. The Bertz CT molecular complexity index is 968. The van der Waals surface area contributed by atoms with Crippen molar-refractivity contribution in [1.82, 2.24) is 9.80 Å². The van der Waals surface area contributed by atoms with Gasteiger partial charge in [-0.15, -0.1) is 0 Å². The van der Waals surface area contributed by atoms with Crippen molar-refractivity contribution in [3.63, 3.8) is 0 Å². The van der Waals surface area contributed by atoms with Gasteiger partial charge in [-0.2, -0.15) is 0 Å². The van der Waals surface area contributed by atoms with Crippen LogP contribution in [0.15, 0.2) is 42.5 Å². The molecule has 2 amide bonds. The van der Waals surface area contributed by atoms with Gasteiger partial charge in [0.15, 0.2) is 0 Å². The number of fused-ring (bicyclic) bond motifs is 1. The highest BCUT2D eigenvalue weighted by Gasteiger charge is 2.37. The molecular weight excluding hydrogens is 378 g/mol. The van der Waals surface area contributed by atoms with Crippen molar-refractivity contribution in [3.05, 3.63) is 59.2 Å². The lowest BCUT2D eigenvalue weighted by atomic mass is 9.92. The van der Waals surface area contributed by atoms with E-state index in [0.29, 0.717) is 23.1 Å². The van der Waals surface area contributed by atoms with Gasteiger partial charge in [0, 0.05) is 42.8 Å². The fourth-order valence-electron chi connectivity index (χ4n) is 4.82. The first-order valence-corrected chi connectivity index (χ1v) is 10.8. The Hall–Kier alpha value is -2.86. The van der Waals surface area contributed by atoms with Gasteiger partial charge in [0.25, 0.3) is 5.91 Å². The maximum Gasteiger partial charge on any atom is 0.254 e. The second-order valence-electron chi connectivity index (χ2n) is 8.58. The molecule has 0 spiro atoms. The van der Waals surface area contributed by atoms with Crippen LogP contribution in [-0.2, 0) is 6.42 Å². The maximum absolute atomic E-state index is 13.2. The van der Waals surface area contributed by atoms with E-state index in [4.69, 9.17) is 10.5 Å². The molecule has 1 unspecified atom stereocenters. The van der Waals surface area contributed by atoms with E-state index in [2.05, 4.69) is 9.80 Å². The molecule has 5 rings (SSSR count). The number of ether oxygens (including phenoxy) is 1. The Kier molecular flexibility index (Phi) is 4.95. The van der Waals surface area contributed by atoms with Gasteiger partial charge < -0.3 is 15.4 Å². The van der Waals surface area contributed by atoms with E-state index in [-0.39, 0.29) is 5.91 Å². The van der Waals surface area contributed by atoms with Gasteiger partial charge in [0.1, 0.15) is 11.5 Å². The van der Waals surface area contributed by atoms with E-state index >= 15 is 0 Å². The standard InChI is InChI=1S/C24H27N3O3/c25-23(28)16-4-6-20(7-5-16)30-21-8-9-22-17(14-21)10-13-27(24(22)29)19-11-12-26(15-19)18-2-1-3-18/h4-9,14,18-19H,1-3,10-13,15H2,(H2,25,28). The molecule has 30 heavy (non-hydrogen) atoms. The third kappa shape index (κ3) is 3.56. The fourth-order valence-corrected chi connectivity index (χ4v) is 4.82. The number of rotatable bonds is 5. The molecule has 0 bridgehead atoms. The maximum atomic E-state index is 13.2. The molecule has 6 heteroatoms. The van der Waals surface area contributed by atoms with Crippen LogP contribution in [0.4, 0.5) is 0 Å². The van der Waals surface area contributed by atoms with E-state index in [1.54, 1.807) is 24.3 Å². The lowest BCUT2D eigenvalue weighted by Gasteiger charge is -2.37. The molecule has 156 valence electrons. The monoisotopic (exact) mass is 405 g/mol. The van der Waals surface area contributed by atoms with Crippen molar-refractivity contribution in [3.8, 4) is 11.5 Å². The summed E-state index contributed by atoms with van der Waals surface area (Å²) in [6.07, 6.45) is 5.91. The highest BCUT2D eigenvalue weighted by atomic mass is 16.5. The molecule has 0 aromatic heterocycles. The minimum atomic E-state index is -0.462. The summed E-state index contributed by atoms with van der Waals surface area (Å²) in [4.78, 5) is 29.0. The molecule has 1 aliphatic carbocycles. The normalized spacial score (nSPS) is 21.9. The van der Waals surface area contributed by atoms with Gasteiger partial charge >= 0.3 is 0 Å². The molecule has 2 fully saturated rings. The molecular formula is C24H27N3O3. The van der Waals surface area contributed by atoms with E-state index < -0.39 is 5.91 Å². The molecule has 1 saturated carbocycles. The smallest absolute Gasteiger partial charge is 0.254 e. The third-order valence-electron chi connectivity index (χ3n) is 6.79. The summed E-state index contributed by atoms with van der Waals surface area (Å²) in [6, 6.07) is 13.5. The minimum Gasteiger partial charge on any atom is -0.457 e. The number of hydrogen-bond donors (Lipinski definition) is 1. The first-order chi connectivity index (χ1) is 14.6. The van der Waals surface area contributed by atoms with Crippen LogP contribution in [-0.4, -0.2) is 53.3 Å². The van der Waals surface area contributed by atoms with Gasteiger partial charge in [-0.25, -0.2) is 0 Å². The summed E-state index contributed by atoms with van der Waals surface area (Å²) in [6.45, 7) is 2.91. The molecule has 2 aliphatic heterocycles. The molecule has 2 N–H and O–H groups in total. The lowest BCUT2D eigenvalue weighted by Crippen LogP contribution is -2.47. The number of benzene rings is 2. The van der Waals surface area contributed by atoms with Crippen LogP contribution in [0.25, 0.3) is 0 Å². The van der Waals surface area contributed by atoms with Gasteiger partial charge in [-0.1, -0.05) is 6.42 Å². The molecule has 2 aromatic carbocycles. The van der Waals surface area contributed by atoms with Crippen molar-refractivity contribution in [1.29, 1.82) is 0 Å². The van der Waals surface area contributed by atoms with Crippen LogP contribution in [0.1, 0.15) is 52.0 Å². The van der Waals surface area contributed by atoms with Crippen molar-refractivity contribution >= 4 is 11.8 Å². The zero-order chi connectivity index (χ0) is 20.7. The minimum absolute atomic E-state index is 0.147. The van der Waals surface area contributed by atoms with Crippen molar-refractivity contribution < 1.29 is 14.3 Å². The highest BCUT2D eigenvalue weighted by Crippen LogP contribution is 2.32. The highest BCUT2D eigenvalue weighted by molar-refractivity contribution is 5.97. The summed E-state index contributed by atoms with van der Waals surface area (Å²) >= 11 is 0. The van der Waals surface area contributed by atoms with Gasteiger partial charge in [0.2, 0.25) is 5.91 Å². The Morgan fingerprint density at radius 2 is 1.73 bits per heavy atom. The number of carbonyl (C=O) groups excluding carboxylic acids is 2. The number of hydrogen-bond acceptors (Lipinski definition) is 4. The predicted octanol–water partition coefficient (Wildman–Crippen LogP) is 3.20. The number of amides is 2. The van der Waals surface area contributed by atoms with Crippen LogP contribution in [0, 0.1) is 0 Å². The first kappa shape index (κ1) is 19.1. The number of primary amides is 1. The third-order valence-corrected chi connectivity index (χ3v) is 6.79. The number of nitrogens with zero attached hydrogens (tertiary/aromatic N) is 2. The lowest BCUT2D eigenvalue weighted by molar-refractivity contribution is 0.0646. The Morgan fingerprint density at radius 1 is 0.967 bits per heavy atom. The summed E-state index contributed by atoms with van der Waals surface area (Å²) in [5, 5.41) is 0. The molecule has 1 saturated heterocycles. The fraction of sp³-hybridized carbons (Fsp3) is 0.417. The van der Waals surface area contributed by atoms with E-state index in [1.165, 1.54) is 19.3 Å². The average molecular weight is 405 g/mol. The molecule has 2 aromatic rings. The first-order valence-electron chi connectivity index (χ1n) is 10.8. The Balaban J connectivity index is 1.27. The van der Waals surface area contributed by atoms with Crippen LogP contribution < -0.4 is 10.5 Å². The zero-order valence-corrected chi connectivity index (χ0v) is 17.0. The van der Waals surface area contributed by atoms with E-state index in [9.17, 15) is 9.59 Å². The van der Waals surface area contributed by atoms with E-state index in [0.717, 1.165) is 49.6 Å². The van der Waals surface area contributed by atoms with Gasteiger partial charge in [-0.3, -0.25) is 14.5 Å². The number of nitrogens with two attached hydrogens (primary N) is 1. The SMILES string of the molecule is NC(=O)c1ccc(Oc2ccc3c(c2)CCN(C2CCN(C4CCC4)C2)C3=O)cc1. The second kappa shape index (κ2) is 7.76. The summed E-state index contributed by atoms with van der Waals surface area (Å²) in [5.74, 6) is 1.01. The predicted molar refractivity (Wildman–Crippen MR) is 114 cm³/mol. The quantitative estimate of drug-likeness (QED) is 0.829. The van der Waals surface area contributed by atoms with Crippen LogP contribution in [0.5, 0.6) is 11.5 Å². The van der Waals surface area contributed by atoms with Crippen LogP contribution in [0.3, 0.4) is 0 Å². The zero-order valence-electron chi connectivity index (χ0n) is 17.0. The topological polar surface area (TPSA) is 75.9 Å². The van der Waals surface area contributed by atoms with Crippen LogP contribution >= 0.6 is 0 Å². The molecule has 1 atom stereocenters. The van der Waals surface area contributed by atoms with Gasteiger partial charge in [-0.05, 0) is 73.7 Å². The Labute approximate surface area is 176 Å². The molecule has 2 heterocycles. The van der Waals surface area contributed by atoms with Crippen LogP contribution in [0.2, 0.25) is 0 Å². The molecule has 6 nitrogen and oxygen atoms in total. The molecule has 3 aliphatic rings. The number of likely N-dealkylation sites (tertiary alicyclic amines) is 1. The largest absolute Gasteiger partial charge is 0.457 e. The second-order valence-corrected chi connectivity index (χ2v) is 8.58. The van der Waals surface area contributed by atoms with Crippen molar-refractivity contribution in [2.45, 2.75) is 44.2 Å². The Morgan fingerprint density at radius 3 is 2.43 bits per heavy atom. The summed E-state index contributed by atoms with van der Waals surface area (Å²) in [5.41, 5.74) is 7.55.